The lowest BCUT2D eigenvalue weighted by Gasteiger charge is -2.26. The number of esters is 1. The maximum atomic E-state index is 12.0. The van der Waals surface area contributed by atoms with Crippen LogP contribution in [0.1, 0.15) is 24.8 Å². The summed E-state index contributed by atoms with van der Waals surface area (Å²) in [5.41, 5.74) is 2.88. The van der Waals surface area contributed by atoms with Crippen molar-refractivity contribution in [1.29, 1.82) is 0 Å². The Labute approximate surface area is 120 Å². The highest BCUT2D eigenvalue weighted by Gasteiger charge is 2.39. The molecule has 0 spiro atoms. The Bertz CT molecular complexity index is 533. The Morgan fingerprint density at radius 1 is 1.32 bits per heavy atom. The van der Waals surface area contributed by atoms with E-state index in [2.05, 4.69) is 15.9 Å². The van der Waals surface area contributed by atoms with E-state index in [1.54, 1.807) is 0 Å². The van der Waals surface area contributed by atoms with Gasteiger partial charge in [0.15, 0.2) is 0 Å². The summed E-state index contributed by atoms with van der Waals surface area (Å²) >= 11 is 3.43. The molecule has 2 aliphatic rings. The van der Waals surface area contributed by atoms with Gasteiger partial charge in [-0.15, -0.1) is 0 Å². The van der Waals surface area contributed by atoms with E-state index in [4.69, 9.17) is 9.47 Å². The van der Waals surface area contributed by atoms with E-state index in [0.29, 0.717) is 5.57 Å². The zero-order chi connectivity index (χ0) is 13.4. The molecule has 1 aromatic carbocycles. The predicted octanol–water partition coefficient (Wildman–Crippen LogP) is 3.33. The second-order valence-electron chi connectivity index (χ2n) is 4.92. The van der Waals surface area contributed by atoms with E-state index in [-0.39, 0.29) is 18.2 Å². The van der Waals surface area contributed by atoms with Gasteiger partial charge in [-0.25, -0.2) is 4.79 Å². The molecule has 1 fully saturated rings. The molecule has 0 radical (unpaired) electrons. The average Bonchev–Trinajstić information content (AvgIpc) is 2.80. The van der Waals surface area contributed by atoms with Gasteiger partial charge in [-0.2, -0.15) is 0 Å². The third kappa shape index (κ3) is 2.35. The minimum atomic E-state index is -0.261. The van der Waals surface area contributed by atoms with E-state index >= 15 is 0 Å². The molecule has 4 heteroatoms. The summed E-state index contributed by atoms with van der Waals surface area (Å²) < 4.78 is 11.8. The molecule has 0 N–H and O–H groups in total. The molecule has 0 aliphatic carbocycles. The number of carbonyl (C=O) groups is 1. The molecule has 0 amide bonds. The SMILES string of the molecule is COC(=O)C1=C(c2ccc(Br)cc2)C[C@@H]2CC[C@H]1O2. The molecule has 3 nitrogen and oxygen atoms in total. The van der Waals surface area contributed by atoms with Gasteiger partial charge >= 0.3 is 5.97 Å². The van der Waals surface area contributed by atoms with Crippen molar-refractivity contribution in [3.05, 3.63) is 39.9 Å². The number of methoxy groups -OCH3 is 1. The summed E-state index contributed by atoms with van der Waals surface area (Å²) in [4.78, 5) is 12.0. The predicted molar refractivity (Wildman–Crippen MR) is 75.6 cm³/mol. The third-order valence-corrected chi connectivity index (χ3v) is 4.31. The van der Waals surface area contributed by atoms with Crippen molar-refractivity contribution in [2.45, 2.75) is 31.5 Å². The fraction of sp³-hybridized carbons (Fsp3) is 0.400. The fourth-order valence-electron chi connectivity index (χ4n) is 2.89. The number of benzene rings is 1. The molecule has 2 atom stereocenters. The van der Waals surface area contributed by atoms with Crippen LogP contribution < -0.4 is 0 Å². The van der Waals surface area contributed by atoms with Crippen LogP contribution >= 0.6 is 15.9 Å². The van der Waals surface area contributed by atoms with Crippen LogP contribution in [0.25, 0.3) is 5.57 Å². The number of hydrogen-bond donors (Lipinski definition) is 0. The molecule has 0 unspecified atom stereocenters. The maximum absolute atomic E-state index is 12.0. The van der Waals surface area contributed by atoms with Gasteiger partial charge in [0.25, 0.3) is 0 Å². The van der Waals surface area contributed by atoms with Crippen molar-refractivity contribution in [1.82, 2.24) is 0 Å². The molecule has 3 rings (SSSR count). The van der Waals surface area contributed by atoms with Gasteiger partial charge in [-0.3, -0.25) is 0 Å². The van der Waals surface area contributed by atoms with Gasteiger partial charge in [-0.05, 0) is 42.5 Å². The summed E-state index contributed by atoms with van der Waals surface area (Å²) in [5, 5.41) is 0. The molecule has 1 saturated heterocycles. The Hall–Kier alpha value is -1.13. The van der Waals surface area contributed by atoms with Gasteiger partial charge in [0, 0.05) is 4.47 Å². The number of fused-ring (bicyclic) bond motifs is 2. The minimum Gasteiger partial charge on any atom is -0.466 e. The largest absolute Gasteiger partial charge is 0.466 e. The van der Waals surface area contributed by atoms with Crippen molar-refractivity contribution in [3.8, 4) is 0 Å². The number of halogens is 1. The summed E-state index contributed by atoms with van der Waals surface area (Å²) in [5.74, 6) is -0.261. The van der Waals surface area contributed by atoms with Crippen LogP contribution in [-0.4, -0.2) is 25.3 Å². The zero-order valence-corrected chi connectivity index (χ0v) is 12.3. The van der Waals surface area contributed by atoms with Crippen molar-refractivity contribution in [2.24, 2.45) is 0 Å². The monoisotopic (exact) mass is 322 g/mol. The van der Waals surface area contributed by atoms with E-state index < -0.39 is 0 Å². The van der Waals surface area contributed by atoms with E-state index in [1.807, 2.05) is 24.3 Å². The van der Waals surface area contributed by atoms with Crippen LogP contribution in [0.15, 0.2) is 34.3 Å². The number of ether oxygens (including phenoxy) is 2. The maximum Gasteiger partial charge on any atom is 0.336 e. The second kappa shape index (κ2) is 5.10. The standard InChI is InChI=1S/C15H15BrO3/c1-18-15(17)14-12(8-11-6-7-13(14)19-11)9-2-4-10(16)5-3-9/h2-5,11,13H,6-8H2,1H3/t11-,13+/m0/s1. The fourth-order valence-corrected chi connectivity index (χ4v) is 3.15. The molecular formula is C15H15BrO3. The van der Waals surface area contributed by atoms with Gasteiger partial charge in [0.2, 0.25) is 0 Å². The van der Waals surface area contributed by atoms with Crippen LogP contribution in [0.4, 0.5) is 0 Å². The van der Waals surface area contributed by atoms with E-state index in [1.165, 1.54) is 7.11 Å². The molecule has 2 heterocycles. The quantitative estimate of drug-likeness (QED) is 0.783. The summed E-state index contributed by atoms with van der Waals surface area (Å²) in [6, 6.07) is 8.06. The van der Waals surface area contributed by atoms with Crippen LogP contribution in [-0.2, 0) is 14.3 Å². The Morgan fingerprint density at radius 2 is 2.05 bits per heavy atom. The molecule has 100 valence electrons. The first-order chi connectivity index (χ1) is 9.19. The Kier molecular flexibility index (Phi) is 3.46. The van der Waals surface area contributed by atoms with Crippen LogP contribution in [0.5, 0.6) is 0 Å². The minimum absolute atomic E-state index is 0.0927. The topological polar surface area (TPSA) is 35.5 Å². The van der Waals surface area contributed by atoms with Crippen LogP contribution in [0.2, 0.25) is 0 Å². The van der Waals surface area contributed by atoms with Gasteiger partial charge in [-0.1, -0.05) is 28.1 Å². The van der Waals surface area contributed by atoms with Crippen molar-refractivity contribution >= 4 is 27.5 Å². The molecule has 0 aromatic heterocycles. The van der Waals surface area contributed by atoms with Crippen molar-refractivity contribution in [2.75, 3.05) is 7.11 Å². The average molecular weight is 323 g/mol. The first kappa shape index (κ1) is 12.9. The lowest BCUT2D eigenvalue weighted by Crippen LogP contribution is -2.26. The summed E-state index contributed by atoms with van der Waals surface area (Å²) in [6.45, 7) is 0. The number of hydrogen-bond acceptors (Lipinski definition) is 3. The first-order valence-electron chi connectivity index (χ1n) is 6.42. The highest BCUT2D eigenvalue weighted by Crippen LogP contribution is 2.41. The molecule has 1 aromatic rings. The van der Waals surface area contributed by atoms with Gasteiger partial charge < -0.3 is 9.47 Å². The summed E-state index contributed by atoms with van der Waals surface area (Å²) in [6.07, 6.45) is 2.88. The smallest absolute Gasteiger partial charge is 0.336 e. The van der Waals surface area contributed by atoms with Gasteiger partial charge in [0.1, 0.15) is 0 Å². The number of carbonyl (C=O) groups excluding carboxylic acids is 1. The number of rotatable bonds is 2. The normalized spacial score (nSPS) is 25.6. The Balaban J connectivity index is 2.07. The Morgan fingerprint density at radius 3 is 2.74 bits per heavy atom. The van der Waals surface area contributed by atoms with Gasteiger partial charge in [0.05, 0.1) is 24.9 Å². The summed E-state index contributed by atoms with van der Waals surface area (Å²) in [7, 11) is 1.43. The zero-order valence-electron chi connectivity index (χ0n) is 10.7. The highest BCUT2D eigenvalue weighted by molar-refractivity contribution is 9.10. The molecular weight excluding hydrogens is 308 g/mol. The van der Waals surface area contributed by atoms with E-state index in [0.717, 1.165) is 34.9 Å². The molecule has 19 heavy (non-hydrogen) atoms. The molecule has 2 aliphatic heterocycles. The second-order valence-corrected chi connectivity index (χ2v) is 5.83. The lowest BCUT2D eigenvalue weighted by molar-refractivity contribution is -0.137. The van der Waals surface area contributed by atoms with Crippen LogP contribution in [0, 0.1) is 0 Å². The highest BCUT2D eigenvalue weighted by atomic mass is 79.9. The first-order valence-corrected chi connectivity index (χ1v) is 7.21. The third-order valence-electron chi connectivity index (χ3n) is 3.78. The van der Waals surface area contributed by atoms with Crippen molar-refractivity contribution < 1.29 is 14.3 Å². The molecule has 0 saturated carbocycles. The van der Waals surface area contributed by atoms with Crippen molar-refractivity contribution in [3.63, 3.8) is 0 Å². The van der Waals surface area contributed by atoms with E-state index in [9.17, 15) is 4.79 Å². The molecule has 2 bridgehead atoms. The lowest BCUT2D eigenvalue weighted by atomic mass is 9.92. The van der Waals surface area contributed by atoms with Crippen LogP contribution in [0.3, 0.4) is 0 Å².